The van der Waals surface area contributed by atoms with Crippen molar-refractivity contribution in [3.05, 3.63) is 0 Å². The van der Waals surface area contributed by atoms with E-state index in [0.29, 0.717) is 0 Å². The summed E-state index contributed by atoms with van der Waals surface area (Å²) < 4.78 is 42.7. The zero-order valence-electron chi connectivity index (χ0n) is 18.9. The quantitative estimate of drug-likeness (QED) is 0.161. The van der Waals surface area contributed by atoms with Crippen molar-refractivity contribution in [1.29, 1.82) is 0 Å². The second kappa shape index (κ2) is 77.7. The normalized spacial score (nSPS) is 7.02. The molecule has 0 saturated heterocycles. The third-order valence-electron chi connectivity index (χ3n) is 0. The van der Waals surface area contributed by atoms with Crippen LogP contribution in [0.3, 0.4) is 0 Å². The van der Waals surface area contributed by atoms with Gasteiger partial charge in [0.1, 0.15) is 0 Å². The summed E-state index contributed by atoms with van der Waals surface area (Å²) in [7, 11) is -26.9. The van der Waals surface area contributed by atoms with Crippen LogP contribution >= 0.6 is 39.1 Å². The minimum atomic E-state index is -5.39. The number of phosphoric acid groups is 5. The predicted molar refractivity (Wildman–Crippen MR) is 85.2 cm³/mol. The second-order valence-electron chi connectivity index (χ2n) is 2.24. The summed E-state index contributed by atoms with van der Waals surface area (Å²) in [4.78, 5) is 128. The van der Waals surface area contributed by atoms with Gasteiger partial charge in [-0.25, -0.2) is 0 Å². The monoisotopic (exact) mass is 1020 g/mol. The molecule has 42 heavy (non-hydrogen) atoms. The van der Waals surface area contributed by atoms with Gasteiger partial charge in [-0.3, -0.25) is 0 Å². The summed E-state index contributed by atoms with van der Waals surface area (Å²) in [5, 5.41) is 0. The number of hydrogen-bond donors (Lipinski definition) is 0. The molecule has 29 nitrogen and oxygen atoms in total. The van der Waals surface area contributed by atoms with Crippen molar-refractivity contribution in [3.63, 3.8) is 0 Å². The molecular formula is H13Ca4Fe4O29P5. The summed E-state index contributed by atoms with van der Waals surface area (Å²) in [6.45, 7) is 0. The van der Waals surface area contributed by atoms with E-state index in [1.54, 1.807) is 0 Å². The Kier molecular flexibility index (Phi) is 285. The Balaban J connectivity index is -0.00000000541. The molecule has 0 aliphatic carbocycles. The van der Waals surface area contributed by atoms with Crippen molar-refractivity contribution in [2.24, 2.45) is 0 Å². The SMILES string of the molecule is O.O.O.O.O=P([O-])([O-])[O-].O=P([O-])([O-])[O-].O=P([O-])([O-])[O-].O=P([O-])([O-])[O-].O=P([O-])([O-])[O-].[Ca+2].[Ca+2].[Ca+2].[Ca+2].[Fe+3].[Fe+3].[Fe+3].[Fe+3].[OH-].[OH-].[OH-].[OH-].[OH-]. The first kappa shape index (κ1) is 154. The molecule has 0 bridgehead atoms. The van der Waals surface area contributed by atoms with Crippen molar-refractivity contribution in [1.82, 2.24) is 0 Å². The largest absolute Gasteiger partial charge is 3.00 e. The van der Waals surface area contributed by atoms with Gasteiger partial charge in [-0.15, -0.1) is 0 Å². The Morgan fingerprint density at radius 1 is 0.238 bits per heavy atom. The fourth-order valence-corrected chi connectivity index (χ4v) is 0. The smallest absolute Gasteiger partial charge is 0.870 e. The van der Waals surface area contributed by atoms with Crippen LogP contribution in [0, 0.1) is 0 Å². The van der Waals surface area contributed by atoms with Crippen LogP contribution in [0.2, 0.25) is 0 Å². The number of rotatable bonds is 0. The maximum absolute atomic E-state index is 8.55. The van der Waals surface area contributed by atoms with Gasteiger partial charge in [-0.05, 0) is 0 Å². The van der Waals surface area contributed by atoms with E-state index in [1.165, 1.54) is 0 Å². The third-order valence-corrected chi connectivity index (χ3v) is 0. The molecule has 13 N–H and O–H groups in total. The summed E-state index contributed by atoms with van der Waals surface area (Å²) in [5.74, 6) is 0. The molecular weight excluding hydrogens is 1000 g/mol. The summed E-state index contributed by atoms with van der Waals surface area (Å²) >= 11 is 0. The fourth-order valence-electron chi connectivity index (χ4n) is 0. The van der Waals surface area contributed by atoms with E-state index in [1.807, 2.05) is 0 Å². The molecule has 0 aliphatic heterocycles. The van der Waals surface area contributed by atoms with Gasteiger partial charge in [0.15, 0.2) is 0 Å². The standard InChI is InChI=1S/4Ca.4Fe.5H3O4P.9H2O/c;;;;;;;;5*1-5(2,3)4;;;;;;;;;/h;;;;;;;;5*(H3,1,2,3,4);9*1H2/q4*+2;4*+3;;;;;;;;;;;;;;/p-20. The molecule has 0 aromatic rings. The molecule has 0 amide bonds. The average molecular weight is 1020 g/mol. The third kappa shape index (κ3) is 1900. The molecule has 0 rings (SSSR count). The van der Waals surface area contributed by atoms with E-state index in [4.69, 9.17) is 96.2 Å². The van der Waals surface area contributed by atoms with Crippen LogP contribution in [0.5, 0.6) is 0 Å². The van der Waals surface area contributed by atoms with Gasteiger partial charge in [0.25, 0.3) is 0 Å². The molecule has 0 aromatic carbocycles. The van der Waals surface area contributed by atoms with Crippen LogP contribution in [0.25, 0.3) is 0 Å². The van der Waals surface area contributed by atoms with Crippen molar-refractivity contribution in [3.8, 4) is 0 Å². The summed E-state index contributed by atoms with van der Waals surface area (Å²) in [5.41, 5.74) is 0. The average Bonchev–Trinajstić information content (AvgIpc) is 1.79. The number of hydrogen-bond acceptors (Lipinski definition) is 25. The zero-order valence-corrected chi connectivity index (χ0v) is 36.6. The Labute approximate surface area is 396 Å². The molecule has 0 aromatic heterocycles. The topological polar surface area (TPSA) is 707 Å². The van der Waals surface area contributed by atoms with Gasteiger partial charge in [0.2, 0.25) is 0 Å². The molecule has 0 heterocycles. The predicted octanol–water partition coefficient (Wildman–Crippen LogP) is -19.8. The van der Waals surface area contributed by atoms with E-state index in [2.05, 4.69) is 0 Å². The van der Waals surface area contributed by atoms with Crippen LogP contribution in [-0.4, -0.2) is 200 Å². The minimum Gasteiger partial charge on any atom is -0.870 e. The van der Waals surface area contributed by atoms with Crippen LogP contribution in [0.4, 0.5) is 0 Å². The molecule has 0 saturated carbocycles. The first-order valence-electron chi connectivity index (χ1n) is 3.65. The van der Waals surface area contributed by atoms with E-state index >= 15 is 0 Å². The van der Waals surface area contributed by atoms with Crippen molar-refractivity contribution in [2.45, 2.75) is 0 Å². The first-order chi connectivity index (χ1) is 10.0. The summed E-state index contributed by atoms with van der Waals surface area (Å²) in [6, 6.07) is 0. The molecule has 0 aliphatic rings. The summed E-state index contributed by atoms with van der Waals surface area (Å²) in [6.07, 6.45) is 0. The van der Waals surface area contributed by atoms with Crippen molar-refractivity contribution < 1.29 is 214 Å². The zero-order chi connectivity index (χ0) is 22.5. The Morgan fingerprint density at radius 3 is 0.238 bits per heavy atom. The molecule has 0 atom stereocenters. The molecule has 42 heteroatoms. The second-order valence-corrected chi connectivity index (χ2v) is 6.71. The van der Waals surface area contributed by atoms with Gasteiger partial charge in [0.05, 0.1) is 0 Å². The van der Waals surface area contributed by atoms with Gasteiger partial charge < -0.3 is 146 Å². The first-order valence-corrected chi connectivity index (χ1v) is 11.0. The molecule has 252 valence electrons. The van der Waals surface area contributed by atoms with Gasteiger partial charge >= 0.3 is 219 Å². The van der Waals surface area contributed by atoms with E-state index in [-0.39, 0.29) is 269 Å². The van der Waals surface area contributed by atoms with E-state index < -0.39 is 39.1 Å². The van der Waals surface area contributed by atoms with Gasteiger partial charge in [0, 0.05) is 0 Å². The Morgan fingerprint density at radius 2 is 0.238 bits per heavy atom. The molecule has 0 unspecified atom stereocenters. The maximum Gasteiger partial charge on any atom is 3.00 e. The van der Waals surface area contributed by atoms with E-state index in [9.17, 15) is 0 Å². The maximum atomic E-state index is 8.55. The minimum absolute atomic E-state index is 0. The van der Waals surface area contributed by atoms with Crippen molar-refractivity contribution in [2.75, 3.05) is 0 Å². The van der Waals surface area contributed by atoms with Crippen LogP contribution < -0.4 is 73.4 Å². The van der Waals surface area contributed by atoms with Crippen LogP contribution in [0.15, 0.2) is 0 Å². The van der Waals surface area contributed by atoms with Crippen LogP contribution in [0.1, 0.15) is 0 Å². The van der Waals surface area contributed by atoms with E-state index in [0.717, 1.165) is 0 Å². The van der Waals surface area contributed by atoms with Crippen molar-refractivity contribution >= 4 is 190 Å². The van der Waals surface area contributed by atoms with Gasteiger partial charge in [-0.2, -0.15) is 39.1 Å². The fraction of sp³-hybridized carbons (Fsp3) is 0. The van der Waals surface area contributed by atoms with Crippen LogP contribution in [-0.2, 0) is 91.1 Å². The van der Waals surface area contributed by atoms with Gasteiger partial charge in [-0.1, -0.05) is 0 Å². The molecule has 4 radical (unpaired) electrons. The Hall–Kier alpha value is 7.31. The molecule has 0 spiro atoms. The Bertz CT molecular complexity index is 405. The molecule has 0 fully saturated rings.